The minimum absolute atomic E-state index is 0.0143. The van der Waals surface area contributed by atoms with Crippen molar-refractivity contribution in [3.8, 4) is 11.5 Å². The van der Waals surface area contributed by atoms with Crippen LogP contribution in [0.5, 0.6) is 11.5 Å². The molecule has 26 heavy (non-hydrogen) atoms. The highest BCUT2D eigenvalue weighted by Crippen LogP contribution is 2.42. The fraction of sp³-hybridized carbons (Fsp3) is 0.333. The first-order valence-corrected chi connectivity index (χ1v) is 10.3. The molecule has 2 aromatic carbocycles. The largest absolute Gasteiger partial charge is 0.497 e. The van der Waals surface area contributed by atoms with Crippen molar-refractivity contribution in [1.82, 2.24) is 4.31 Å². The molecule has 2 aromatic rings. The molecule has 3 rings (SSSR count). The van der Waals surface area contributed by atoms with E-state index in [4.69, 9.17) is 32.7 Å². The van der Waals surface area contributed by atoms with Crippen LogP contribution in [0.4, 0.5) is 0 Å². The molecule has 1 heterocycles. The lowest BCUT2D eigenvalue weighted by atomic mass is 10.0. The monoisotopic (exact) mass is 415 g/mol. The third-order valence-corrected chi connectivity index (χ3v) is 7.10. The molecule has 5 nitrogen and oxygen atoms in total. The van der Waals surface area contributed by atoms with Crippen LogP contribution in [0.2, 0.25) is 10.0 Å². The van der Waals surface area contributed by atoms with Gasteiger partial charge in [0, 0.05) is 17.1 Å². The van der Waals surface area contributed by atoms with Crippen LogP contribution in [0.1, 0.15) is 24.4 Å². The van der Waals surface area contributed by atoms with E-state index in [-0.39, 0.29) is 16.0 Å². The van der Waals surface area contributed by atoms with Gasteiger partial charge in [0.05, 0.1) is 25.3 Å². The molecule has 0 aromatic heterocycles. The molecule has 8 heteroatoms. The topological polar surface area (TPSA) is 55.8 Å². The van der Waals surface area contributed by atoms with Crippen LogP contribution in [0.3, 0.4) is 0 Å². The Hall–Kier alpha value is -1.47. The van der Waals surface area contributed by atoms with Gasteiger partial charge >= 0.3 is 0 Å². The lowest BCUT2D eigenvalue weighted by molar-refractivity contribution is 0.361. The molecule has 1 fully saturated rings. The Morgan fingerprint density at radius 1 is 1.08 bits per heavy atom. The molecule has 0 aliphatic carbocycles. The molecule has 0 spiro atoms. The Morgan fingerprint density at radius 3 is 2.54 bits per heavy atom. The molecular formula is C18H19Cl2NO4S. The quantitative estimate of drug-likeness (QED) is 0.719. The zero-order valence-corrected chi connectivity index (χ0v) is 16.7. The molecule has 0 saturated carbocycles. The van der Waals surface area contributed by atoms with Crippen LogP contribution in [-0.4, -0.2) is 33.5 Å². The number of nitrogens with zero attached hydrogens (tertiary/aromatic N) is 1. The second-order valence-electron chi connectivity index (χ2n) is 5.96. The summed E-state index contributed by atoms with van der Waals surface area (Å²) < 4.78 is 38.7. The van der Waals surface area contributed by atoms with Crippen LogP contribution >= 0.6 is 23.2 Å². The summed E-state index contributed by atoms with van der Waals surface area (Å²) in [5, 5.41) is 0.473. The number of hydrogen-bond donors (Lipinski definition) is 0. The van der Waals surface area contributed by atoms with Crippen molar-refractivity contribution in [2.24, 2.45) is 0 Å². The van der Waals surface area contributed by atoms with E-state index in [0.717, 1.165) is 12.0 Å². The second kappa shape index (κ2) is 7.64. The van der Waals surface area contributed by atoms with Gasteiger partial charge in [-0.3, -0.25) is 0 Å². The number of rotatable bonds is 5. The van der Waals surface area contributed by atoms with Crippen molar-refractivity contribution in [2.75, 3.05) is 20.8 Å². The fourth-order valence-electron chi connectivity index (χ4n) is 3.24. The van der Waals surface area contributed by atoms with E-state index in [1.165, 1.54) is 16.4 Å². The molecule has 0 amide bonds. The predicted octanol–water partition coefficient (Wildman–Crippen LogP) is 4.54. The summed E-state index contributed by atoms with van der Waals surface area (Å²) >= 11 is 12.1. The maximum atomic E-state index is 13.3. The number of benzene rings is 2. The van der Waals surface area contributed by atoms with E-state index in [1.54, 1.807) is 32.4 Å². The van der Waals surface area contributed by atoms with Gasteiger partial charge < -0.3 is 9.47 Å². The molecule has 1 atom stereocenters. The van der Waals surface area contributed by atoms with Crippen molar-refractivity contribution >= 4 is 33.2 Å². The highest BCUT2D eigenvalue weighted by Gasteiger charge is 2.38. The Labute approximate surface area is 163 Å². The van der Waals surface area contributed by atoms with Gasteiger partial charge in [-0.25, -0.2) is 8.42 Å². The smallest absolute Gasteiger partial charge is 0.245 e. The number of halogens is 2. The van der Waals surface area contributed by atoms with Gasteiger partial charge in [0.1, 0.15) is 16.4 Å². The molecule has 1 saturated heterocycles. The van der Waals surface area contributed by atoms with Crippen molar-refractivity contribution in [2.45, 2.75) is 23.8 Å². The van der Waals surface area contributed by atoms with Crippen LogP contribution in [-0.2, 0) is 10.0 Å². The highest BCUT2D eigenvalue weighted by molar-refractivity contribution is 7.89. The second-order valence-corrected chi connectivity index (χ2v) is 8.66. The summed E-state index contributed by atoms with van der Waals surface area (Å²) in [5.74, 6) is 1.26. The molecule has 0 unspecified atom stereocenters. The van der Waals surface area contributed by atoms with Gasteiger partial charge in [0.2, 0.25) is 10.0 Å². The summed E-state index contributed by atoms with van der Waals surface area (Å²) in [6, 6.07) is 9.46. The average Bonchev–Trinajstić information content (AvgIpc) is 3.13. The van der Waals surface area contributed by atoms with Crippen LogP contribution < -0.4 is 9.47 Å². The molecule has 1 aliphatic rings. The lowest BCUT2D eigenvalue weighted by Crippen LogP contribution is -2.31. The average molecular weight is 416 g/mol. The zero-order chi connectivity index (χ0) is 18.9. The Bertz CT molecular complexity index is 917. The summed E-state index contributed by atoms with van der Waals surface area (Å²) in [6.07, 6.45) is 1.42. The van der Waals surface area contributed by atoms with Crippen molar-refractivity contribution in [3.05, 3.63) is 52.0 Å². The molecular weight excluding hydrogens is 397 g/mol. The van der Waals surface area contributed by atoms with E-state index in [1.807, 2.05) is 6.07 Å². The van der Waals surface area contributed by atoms with Gasteiger partial charge in [-0.05, 0) is 49.2 Å². The third kappa shape index (κ3) is 3.51. The maximum Gasteiger partial charge on any atom is 0.245 e. The van der Waals surface area contributed by atoms with Gasteiger partial charge in [-0.1, -0.05) is 23.2 Å². The van der Waals surface area contributed by atoms with Gasteiger partial charge in [-0.2, -0.15) is 4.31 Å². The van der Waals surface area contributed by atoms with Gasteiger partial charge in [-0.15, -0.1) is 0 Å². The van der Waals surface area contributed by atoms with E-state index in [2.05, 4.69) is 0 Å². The SMILES string of the molecule is COc1ccc(OC)c([C@H]2CCCN2S(=O)(=O)c2cc(Cl)ccc2Cl)c1. The van der Waals surface area contributed by atoms with Crippen LogP contribution in [0.25, 0.3) is 0 Å². The number of sulfonamides is 1. The van der Waals surface area contributed by atoms with E-state index in [0.29, 0.717) is 29.5 Å². The molecule has 1 aliphatic heterocycles. The van der Waals surface area contributed by atoms with Crippen molar-refractivity contribution in [1.29, 1.82) is 0 Å². The van der Waals surface area contributed by atoms with E-state index < -0.39 is 10.0 Å². The summed E-state index contributed by atoms with van der Waals surface area (Å²) in [7, 11) is -0.681. The normalized spacial score (nSPS) is 18.1. The van der Waals surface area contributed by atoms with Crippen molar-refractivity contribution in [3.63, 3.8) is 0 Å². The minimum atomic E-state index is -3.81. The van der Waals surface area contributed by atoms with Crippen LogP contribution in [0.15, 0.2) is 41.3 Å². The molecule has 0 N–H and O–H groups in total. The Kier molecular flexibility index (Phi) is 5.67. The van der Waals surface area contributed by atoms with E-state index >= 15 is 0 Å². The fourth-order valence-corrected chi connectivity index (χ4v) is 5.65. The maximum absolute atomic E-state index is 13.3. The number of hydrogen-bond acceptors (Lipinski definition) is 4. The third-order valence-electron chi connectivity index (χ3n) is 4.48. The summed E-state index contributed by atoms with van der Waals surface area (Å²) in [6.45, 7) is 0.399. The zero-order valence-electron chi connectivity index (χ0n) is 14.4. The lowest BCUT2D eigenvalue weighted by Gasteiger charge is -2.26. The van der Waals surface area contributed by atoms with Gasteiger partial charge in [0.25, 0.3) is 0 Å². The number of ether oxygens (including phenoxy) is 2. The minimum Gasteiger partial charge on any atom is -0.497 e. The highest BCUT2D eigenvalue weighted by atomic mass is 35.5. The Balaban J connectivity index is 2.07. The number of methoxy groups -OCH3 is 2. The molecule has 0 radical (unpaired) electrons. The first-order valence-electron chi connectivity index (χ1n) is 8.07. The first kappa shape index (κ1) is 19.3. The van der Waals surface area contributed by atoms with Gasteiger partial charge in [0.15, 0.2) is 0 Å². The van der Waals surface area contributed by atoms with Crippen molar-refractivity contribution < 1.29 is 17.9 Å². The first-order chi connectivity index (χ1) is 12.4. The predicted molar refractivity (Wildman–Crippen MR) is 102 cm³/mol. The van der Waals surface area contributed by atoms with E-state index in [9.17, 15) is 8.42 Å². The molecule has 0 bridgehead atoms. The van der Waals surface area contributed by atoms with Crippen LogP contribution in [0, 0.1) is 0 Å². The Morgan fingerprint density at radius 2 is 1.85 bits per heavy atom. The standard InChI is InChI=1S/C18H19Cl2NO4S/c1-24-13-6-8-17(25-2)14(11-13)16-4-3-9-21(16)26(22,23)18-10-12(19)5-7-15(18)20/h5-8,10-11,16H,3-4,9H2,1-2H3/t16-/m1/s1. The summed E-state index contributed by atoms with van der Waals surface area (Å²) in [5.41, 5.74) is 0.770. The molecule has 140 valence electrons. The summed E-state index contributed by atoms with van der Waals surface area (Å²) in [4.78, 5) is 0.0143.